The van der Waals surface area contributed by atoms with Crippen molar-refractivity contribution in [2.45, 2.75) is 44.6 Å². The number of aryl methyl sites for hydroxylation is 1. The molecule has 1 aromatic carbocycles. The fraction of sp³-hybridized carbons (Fsp3) is 0.611. The largest absolute Gasteiger partial charge is 0.324 e. The Bertz CT molecular complexity index is 731. The molecule has 1 aromatic rings. The van der Waals surface area contributed by atoms with Gasteiger partial charge in [0, 0.05) is 26.3 Å². The van der Waals surface area contributed by atoms with Gasteiger partial charge in [-0.05, 0) is 56.8 Å². The van der Waals surface area contributed by atoms with Crippen molar-refractivity contribution in [3.05, 3.63) is 23.8 Å². The van der Waals surface area contributed by atoms with Crippen molar-refractivity contribution >= 4 is 21.6 Å². The van der Waals surface area contributed by atoms with Crippen LogP contribution in [-0.4, -0.2) is 56.8 Å². The number of sulfonamides is 1. The van der Waals surface area contributed by atoms with Crippen LogP contribution in [-0.2, 0) is 14.8 Å². The van der Waals surface area contributed by atoms with Crippen LogP contribution in [0.15, 0.2) is 23.1 Å². The zero-order valence-electron chi connectivity index (χ0n) is 15.7. The first-order valence-corrected chi connectivity index (χ1v) is 10.1. The Balaban J connectivity index is 2.17. The number of rotatable bonds is 5. The van der Waals surface area contributed by atoms with E-state index in [-0.39, 0.29) is 16.8 Å². The Morgan fingerprint density at radius 1 is 1.36 bits per heavy atom. The number of amides is 1. The molecule has 0 bridgehead atoms. The molecule has 1 fully saturated rings. The molecule has 0 saturated carbocycles. The van der Waals surface area contributed by atoms with E-state index in [0.29, 0.717) is 11.6 Å². The molecule has 140 valence electrons. The van der Waals surface area contributed by atoms with Gasteiger partial charge in [0.1, 0.15) is 0 Å². The number of nitrogens with zero attached hydrogens (tertiary/aromatic N) is 2. The van der Waals surface area contributed by atoms with Crippen molar-refractivity contribution in [1.82, 2.24) is 9.21 Å². The maximum Gasteiger partial charge on any atom is 0.242 e. The van der Waals surface area contributed by atoms with Crippen LogP contribution in [0.3, 0.4) is 0 Å². The minimum absolute atomic E-state index is 0.100. The summed E-state index contributed by atoms with van der Waals surface area (Å²) in [4.78, 5) is 15.0. The summed E-state index contributed by atoms with van der Waals surface area (Å²) in [6, 6.07) is 4.58. The van der Waals surface area contributed by atoms with E-state index in [1.54, 1.807) is 12.1 Å². The Morgan fingerprint density at radius 3 is 2.64 bits per heavy atom. The van der Waals surface area contributed by atoms with Gasteiger partial charge >= 0.3 is 0 Å². The van der Waals surface area contributed by atoms with E-state index < -0.39 is 10.0 Å². The molecule has 0 aromatic heterocycles. The van der Waals surface area contributed by atoms with Crippen LogP contribution in [0.1, 0.15) is 32.3 Å². The second-order valence-corrected chi connectivity index (χ2v) is 9.32. The zero-order chi connectivity index (χ0) is 18.8. The highest BCUT2D eigenvalue weighted by Crippen LogP contribution is 2.23. The number of nitrogens with one attached hydrogen (secondary N) is 1. The summed E-state index contributed by atoms with van der Waals surface area (Å²) in [5.74, 6) is 0.496. The van der Waals surface area contributed by atoms with Gasteiger partial charge in [0.15, 0.2) is 0 Å². The Kier molecular flexibility index (Phi) is 6.24. The van der Waals surface area contributed by atoms with Gasteiger partial charge in [-0.1, -0.05) is 13.0 Å². The molecule has 1 aliphatic heterocycles. The van der Waals surface area contributed by atoms with E-state index in [1.165, 1.54) is 30.9 Å². The molecule has 1 aliphatic rings. The van der Waals surface area contributed by atoms with Crippen molar-refractivity contribution in [2.24, 2.45) is 5.92 Å². The highest BCUT2D eigenvalue weighted by atomic mass is 32.2. The molecule has 6 nitrogen and oxygen atoms in total. The predicted molar refractivity (Wildman–Crippen MR) is 100 cm³/mol. The lowest BCUT2D eigenvalue weighted by atomic mass is 9.99. The van der Waals surface area contributed by atoms with Crippen LogP contribution in [0.2, 0.25) is 0 Å². The molecule has 0 unspecified atom stereocenters. The van der Waals surface area contributed by atoms with Crippen molar-refractivity contribution in [3.63, 3.8) is 0 Å². The fourth-order valence-corrected chi connectivity index (χ4v) is 4.02. The Morgan fingerprint density at radius 2 is 2.04 bits per heavy atom. The quantitative estimate of drug-likeness (QED) is 0.867. The lowest BCUT2D eigenvalue weighted by molar-refractivity contribution is -0.121. The fourth-order valence-electron chi connectivity index (χ4n) is 3.09. The first-order valence-electron chi connectivity index (χ1n) is 8.71. The minimum Gasteiger partial charge on any atom is -0.324 e. The second kappa shape index (κ2) is 7.85. The maximum atomic E-state index is 12.7. The first-order chi connectivity index (χ1) is 11.6. The van der Waals surface area contributed by atoms with Crippen LogP contribution in [0.5, 0.6) is 0 Å². The molecule has 1 saturated heterocycles. The number of carbonyl (C=O) groups excluding carboxylic acids is 1. The maximum absolute atomic E-state index is 12.7. The molecule has 25 heavy (non-hydrogen) atoms. The molecule has 1 N–H and O–H groups in total. The van der Waals surface area contributed by atoms with Crippen LogP contribution >= 0.6 is 0 Å². The third-order valence-corrected chi connectivity index (χ3v) is 6.67. The number of benzene rings is 1. The van der Waals surface area contributed by atoms with Gasteiger partial charge in [-0.15, -0.1) is 0 Å². The Hall–Kier alpha value is -1.44. The van der Waals surface area contributed by atoms with Gasteiger partial charge in [-0.2, -0.15) is 0 Å². The molecular weight excluding hydrogens is 338 g/mol. The summed E-state index contributed by atoms with van der Waals surface area (Å²) in [5.41, 5.74) is 1.38. The smallest absolute Gasteiger partial charge is 0.242 e. The number of hydrogen-bond acceptors (Lipinski definition) is 4. The first kappa shape index (κ1) is 19.9. The van der Waals surface area contributed by atoms with E-state index in [0.717, 1.165) is 25.1 Å². The van der Waals surface area contributed by atoms with Crippen LogP contribution in [0.4, 0.5) is 5.69 Å². The molecule has 1 amide bonds. The molecule has 1 heterocycles. The highest BCUT2D eigenvalue weighted by molar-refractivity contribution is 7.89. The molecular formula is C18H29N3O3S. The average Bonchev–Trinajstić information content (AvgIpc) is 2.55. The molecule has 0 spiro atoms. The minimum atomic E-state index is -3.53. The van der Waals surface area contributed by atoms with E-state index in [4.69, 9.17) is 0 Å². The summed E-state index contributed by atoms with van der Waals surface area (Å²) < 4.78 is 25.8. The van der Waals surface area contributed by atoms with Gasteiger partial charge in [0.2, 0.25) is 15.9 Å². The van der Waals surface area contributed by atoms with E-state index in [1.807, 2.05) is 13.8 Å². The molecule has 7 heteroatoms. The van der Waals surface area contributed by atoms with Crippen molar-refractivity contribution in [2.75, 3.05) is 32.5 Å². The summed E-state index contributed by atoms with van der Waals surface area (Å²) in [6.07, 6.45) is 2.31. The molecule has 0 aliphatic carbocycles. The number of carbonyl (C=O) groups is 1. The monoisotopic (exact) mass is 367 g/mol. The number of piperidine rings is 1. The van der Waals surface area contributed by atoms with Gasteiger partial charge in [-0.25, -0.2) is 12.7 Å². The average molecular weight is 368 g/mol. The summed E-state index contributed by atoms with van der Waals surface area (Å²) in [6.45, 7) is 7.81. The van der Waals surface area contributed by atoms with Crippen LogP contribution in [0.25, 0.3) is 0 Å². The van der Waals surface area contributed by atoms with Gasteiger partial charge < -0.3 is 5.32 Å². The third-order valence-electron chi connectivity index (χ3n) is 4.86. The van der Waals surface area contributed by atoms with Crippen molar-refractivity contribution in [3.8, 4) is 0 Å². The predicted octanol–water partition coefficient (Wildman–Crippen LogP) is 2.30. The SMILES string of the molecule is Cc1ccc(S(=O)(=O)N(C)C)cc1NC(=O)[C@@H](C)N1CCC[C@@H](C)C1. The normalized spacial score (nSPS) is 20.5. The van der Waals surface area contributed by atoms with Gasteiger partial charge in [0.05, 0.1) is 10.9 Å². The van der Waals surface area contributed by atoms with Gasteiger partial charge in [-0.3, -0.25) is 9.69 Å². The lowest BCUT2D eigenvalue weighted by Crippen LogP contribution is -2.46. The van der Waals surface area contributed by atoms with Gasteiger partial charge in [0.25, 0.3) is 0 Å². The van der Waals surface area contributed by atoms with E-state index in [2.05, 4.69) is 17.1 Å². The molecule has 0 radical (unpaired) electrons. The third kappa shape index (κ3) is 4.59. The van der Waals surface area contributed by atoms with Crippen molar-refractivity contribution in [1.29, 1.82) is 0 Å². The number of hydrogen-bond donors (Lipinski definition) is 1. The Labute approximate surface area is 151 Å². The topological polar surface area (TPSA) is 69.7 Å². The van der Waals surface area contributed by atoms with E-state index in [9.17, 15) is 13.2 Å². The van der Waals surface area contributed by atoms with E-state index >= 15 is 0 Å². The van der Waals surface area contributed by atoms with Crippen molar-refractivity contribution < 1.29 is 13.2 Å². The summed E-state index contributed by atoms with van der Waals surface area (Å²) in [5, 5.41) is 2.91. The second-order valence-electron chi connectivity index (χ2n) is 7.17. The summed E-state index contributed by atoms with van der Waals surface area (Å²) >= 11 is 0. The zero-order valence-corrected chi connectivity index (χ0v) is 16.6. The van der Waals surface area contributed by atoms with Crippen LogP contribution in [0, 0.1) is 12.8 Å². The number of anilines is 1. The lowest BCUT2D eigenvalue weighted by Gasteiger charge is -2.34. The standard InChI is InChI=1S/C18H29N3O3S/c1-13-7-6-10-21(12-13)15(3)18(22)19-17-11-16(9-8-14(17)2)25(23,24)20(4)5/h8-9,11,13,15H,6-7,10,12H2,1-5H3,(H,19,22)/t13-,15-/m1/s1. The van der Waals surface area contributed by atoms with Crippen LogP contribution < -0.4 is 5.32 Å². The molecule has 2 atom stereocenters. The molecule has 2 rings (SSSR count). The summed E-state index contributed by atoms with van der Waals surface area (Å²) in [7, 11) is -0.542. The number of likely N-dealkylation sites (tertiary alicyclic amines) is 1. The highest BCUT2D eigenvalue weighted by Gasteiger charge is 2.26.